The molecule has 6 rings (SSSR count). The molecular formula is C30H28ClN3O3S. The Morgan fingerprint density at radius 3 is 2.71 bits per heavy atom. The summed E-state index contributed by atoms with van der Waals surface area (Å²) in [5.74, 6) is 0.504. The minimum absolute atomic E-state index is 0.0177. The van der Waals surface area contributed by atoms with Crippen LogP contribution in [0, 0.1) is 6.92 Å². The van der Waals surface area contributed by atoms with Gasteiger partial charge in [0.15, 0.2) is 0 Å². The van der Waals surface area contributed by atoms with Crippen molar-refractivity contribution in [2.75, 3.05) is 29.6 Å². The fraction of sp³-hybridized carbons (Fsp3) is 0.267. The molecule has 1 aromatic heterocycles. The maximum absolute atomic E-state index is 13.8. The van der Waals surface area contributed by atoms with Crippen molar-refractivity contribution in [2.24, 2.45) is 0 Å². The topological polar surface area (TPSA) is 86.9 Å². The van der Waals surface area contributed by atoms with Crippen LogP contribution in [0.2, 0.25) is 0 Å². The molecule has 0 aliphatic carbocycles. The minimum atomic E-state index is -0.0923. The van der Waals surface area contributed by atoms with Crippen molar-refractivity contribution in [3.8, 4) is 5.75 Å². The van der Waals surface area contributed by atoms with Crippen LogP contribution in [0.3, 0.4) is 0 Å². The summed E-state index contributed by atoms with van der Waals surface area (Å²) in [6.45, 7) is 3.62. The summed E-state index contributed by atoms with van der Waals surface area (Å²) in [6, 6.07) is 16.9. The smallest absolute Gasteiger partial charge is 0.268 e. The van der Waals surface area contributed by atoms with E-state index < -0.39 is 0 Å². The molecule has 2 amide bonds. The molecule has 3 N–H and O–H groups in total. The molecule has 1 atom stereocenters. The van der Waals surface area contributed by atoms with Crippen LogP contribution in [0.4, 0.5) is 11.4 Å². The fourth-order valence-corrected chi connectivity index (χ4v) is 7.09. The van der Waals surface area contributed by atoms with E-state index in [2.05, 4.69) is 0 Å². The Kier molecular flexibility index (Phi) is 6.28. The van der Waals surface area contributed by atoms with Crippen molar-refractivity contribution >= 4 is 56.9 Å². The Morgan fingerprint density at radius 1 is 1.16 bits per heavy atom. The van der Waals surface area contributed by atoms with Gasteiger partial charge in [0.2, 0.25) is 5.91 Å². The Balaban J connectivity index is 1.26. The number of rotatable bonds is 4. The van der Waals surface area contributed by atoms with Crippen LogP contribution in [-0.2, 0) is 24.2 Å². The molecule has 0 spiro atoms. The van der Waals surface area contributed by atoms with Crippen LogP contribution in [0.25, 0.3) is 10.8 Å². The summed E-state index contributed by atoms with van der Waals surface area (Å²) < 4.78 is 0. The lowest BCUT2D eigenvalue weighted by Gasteiger charge is -2.27. The van der Waals surface area contributed by atoms with Gasteiger partial charge < -0.3 is 20.6 Å². The first kappa shape index (κ1) is 24.8. The molecule has 0 bridgehead atoms. The van der Waals surface area contributed by atoms with E-state index in [-0.39, 0.29) is 23.5 Å². The molecule has 0 fully saturated rings. The number of halogens is 1. The van der Waals surface area contributed by atoms with Gasteiger partial charge in [0.25, 0.3) is 5.91 Å². The molecule has 3 heterocycles. The summed E-state index contributed by atoms with van der Waals surface area (Å²) in [6.07, 6.45) is 1.05. The van der Waals surface area contributed by atoms with Crippen molar-refractivity contribution in [1.29, 1.82) is 0 Å². The van der Waals surface area contributed by atoms with Crippen LogP contribution < -0.4 is 10.6 Å². The SMILES string of the molecule is Cc1cccc2c(O)cc3c(c12)[C@H](CCl)CN3C(=O)c1cc2c(s1)CCN(C(=O)Cc1ccc(N)cc1)C2. The number of nitrogens with two attached hydrogens (primary N) is 1. The number of benzene rings is 3. The molecular weight excluding hydrogens is 518 g/mol. The Bertz CT molecular complexity index is 1580. The molecule has 38 heavy (non-hydrogen) atoms. The molecule has 8 heteroatoms. The lowest BCUT2D eigenvalue weighted by Crippen LogP contribution is -2.36. The van der Waals surface area contributed by atoms with Gasteiger partial charge in [-0.3, -0.25) is 9.59 Å². The normalized spacial score (nSPS) is 16.5. The predicted octanol–water partition coefficient (Wildman–Crippen LogP) is 5.61. The third-order valence-electron chi connectivity index (χ3n) is 7.67. The maximum Gasteiger partial charge on any atom is 0.268 e. The largest absolute Gasteiger partial charge is 0.507 e. The zero-order chi connectivity index (χ0) is 26.6. The predicted molar refractivity (Wildman–Crippen MR) is 153 cm³/mol. The van der Waals surface area contributed by atoms with E-state index in [1.807, 2.05) is 60.4 Å². The van der Waals surface area contributed by atoms with E-state index in [1.165, 1.54) is 11.3 Å². The number of nitrogens with zero attached hydrogens (tertiary/aromatic N) is 2. The number of fused-ring (bicyclic) bond motifs is 4. The van der Waals surface area contributed by atoms with Crippen molar-refractivity contribution in [3.05, 3.63) is 86.6 Å². The first-order valence-corrected chi connectivity index (χ1v) is 14.1. The number of carbonyl (C=O) groups is 2. The monoisotopic (exact) mass is 545 g/mol. The molecule has 0 saturated carbocycles. The van der Waals surface area contributed by atoms with E-state index in [0.717, 1.165) is 50.0 Å². The molecule has 0 saturated heterocycles. The molecule has 0 unspecified atom stereocenters. The summed E-state index contributed by atoms with van der Waals surface area (Å²) in [7, 11) is 0. The number of alkyl halides is 1. The van der Waals surface area contributed by atoms with Crippen LogP contribution in [0.15, 0.2) is 54.6 Å². The molecule has 3 aromatic carbocycles. The van der Waals surface area contributed by atoms with E-state index in [9.17, 15) is 14.7 Å². The van der Waals surface area contributed by atoms with E-state index in [1.54, 1.807) is 11.0 Å². The highest BCUT2D eigenvalue weighted by molar-refractivity contribution is 7.14. The van der Waals surface area contributed by atoms with Gasteiger partial charge in [-0.15, -0.1) is 22.9 Å². The van der Waals surface area contributed by atoms with Crippen LogP contribution in [0.5, 0.6) is 5.75 Å². The molecule has 194 valence electrons. The third-order valence-corrected chi connectivity index (χ3v) is 9.26. The number of thiophene rings is 1. The van der Waals surface area contributed by atoms with Crippen LogP contribution in [-0.4, -0.2) is 40.8 Å². The second kappa shape index (κ2) is 9.64. The highest BCUT2D eigenvalue weighted by atomic mass is 35.5. The summed E-state index contributed by atoms with van der Waals surface area (Å²) in [5.41, 5.74) is 11.2. The number of hydrogen-bond donors (Lipinski definition) is 2. The Hall–Kier alpha value is -3.55. The lowest BCUT2D eigenvalue weighted by atomic mass is 9.92. The van der Waals surface area contributed by atoms with Gasteiger partial charge in [-0.2, -0.15) is 0 Å². The number of hydrogen-bond acceptors (Lipinski definition) is 5. The zero-order valence-corrected chi connectivity index (χ0v) is 22.6. The van der Waals surface area contributed by atoms with Gasteiger partial charge in [-0.05, 0) is 59.2 Å². The summed E-state index contributed by atoms with van der Waals surface area (Å²) >= 11 is 7.90. The number of amides is 2. The first-order valence-electron chi connectivity index (χ1n) is 12.7. The van der Waals surface area contributed by atoms with Gasteiger partial charge in [-0.25, -0.2) is 0 Å². The summed E-state index contributed by atoms with van der Waals surface area (Å²) in [4.78, 5) is 32.2. The average molecular weight is 546 g/mol. The molecule has 4 aromatic rings. The maximum atomic E-state index is 13.8. The number of phenols is 1. The third kappa shape index (κ3) is 4.20. The Labute approximate surface area is 230 Å². The van der Waals surface area contributed by atoms with Crippen molar-refractivity contribution < 1.29 is 14.7 Å². The Morgan fingerprint density at radius 2 is 1.95 bits per heavy atom. The van der Waals surface area contributed by atoms with Crippen LogP contribution in [0.1, 0.15) is 42.7 Å². The van der Waals surface area contributed by atoms with Gasteiger partial charge in [0, 0.05) is 53.4 Å². The molecule has 6 nitrogen and oxygen atoms in total. The number of phenolic OH excluding ortho intramolecular Hbond substituents is 1. The molecule has 0 radical (unpaired) electrons. The number of nitrogen functional groups attached to an aromatic ring is 1. The minimum Gasteiger partial charge on any atom is -0.507 e. The second-order valence-electron chi connectivity index (χ2n) is 10.1. The second-order valence-corrected chi connectivity index (χ2v) is 11.6. The molecule has 2 aliphatic heterocycles. The number of anilines is 2. The van der Waals surface area contributed by atoms with E-state index >= 15 is 0 Å². The first-order chi connectivity index (χ1) is 18.3. The van der Waals surface area contributed by atoms with Gasteiger partial charge in [0.1, 0.15) is 5.75 Å². The quantitative estimate of drug-likeness (QED) is 0.258. The highest BCUT2D eigenvalue weighted by Gasteiger charge is 2.36. The van der Waals surface area contributed by atoms with Crippen LogP contribution >= 0.6 is 22.9 Å². The van der Waals surface area contributed by atoms with Crippen molar-refractivity contribution in [3.63, 3.8) is 0 Å². The standard InChI is InChI=1S/C30H28ClN3O3S/c1-17-3-2-4-22-24(35)13-23-29(28(17)22)20(14-31)16-34(23)30(37)26-12-19-15-33(10-9-25(19)38-26)27(36)11-18-5-7-21(32)8-6-18/h2-8,12-13,20,35H,9-11,14-16,32H2,1H3/t20-/m1/s1. The van der Waals surface area contributed by atoms with E-state index in [0.29, 0.717) is 42.5 Å². The van der Waals surface area contributed by atoms with Crippen molar-refractivity contribution in [1.82, 2.24) is 4.90 Å². The van der Waals surface area contributed by atoms with E-state index in [4.69, 9.17) is 17.3 Å². The number of carbonyl (C=O) groups excluding carboxylic acids is 2. The number of aromatic hydroxyl groups is 1. The van der Waals surface area contributed by atoms with Crippen molar-refractivity contribution in [2.45, 2.75) is 32.2 Å². The fourth-order valence-electron chi connectivity index (χ4n) is 5.72. The highest BCUT2D eigenvalue weighted by Crippen LogP contribution is 2.47. The number of aryl methyl sites for hydroxylation is 1. The average Bonchev–Trinajstić information content (AvgIpc) is 3.51. The molecule has 2 aliphatic rings. The summed E-state index contributed by atoms with van der Waals surface area (Å²) in [5, 5.41) is 12.6. The zero-order valence-electron chi connectivity index (χ0n) is 21.0. The lowest BCUT2D eigenvalue weighted by molar-refractivity contribution is -0.131. The van der Waals surface area contributed by atoms with Gasteiger partial charge in [0.05, 0.1) is 17.0 Å². The van der Waals surface area contributed by atoms with Gasteiger partial charge >= 0.3 is 0 Å². The van der Waals surface area contributed by atoms with Gasteiger partial charge in [-0.1, -0.05) is 30.3 Å².